The maximum absolute atomic E-state index is 13.6. The first kappa shape index (κ1) is 24.4. The summed E-state index contributed by atoms with van der Waals surface area (Å²) in [5.41, 5.74) is 0.721. The lowest BCUT2D eigenvalue weighted by atomic mass is 9.85. The molecule has 5 rings (SSSR count). The van der Waals surface area contributed by atoms with Gasteiger partial charge in [0.2, 0.25) is 0 Å². The highest BCUT2D eigenvalue weighted by molar-refractivity contribution is 9.10. The Bertz CT molecular complexity index is 1460. The van der Waals surface area contributed by atoms with Gasteiger partial charge in [0.1, 0.15) is 17.5 Å². The third-order valence-corrected chi connectivity index (χ3v) is 6.89. The van der Waals surface area contributed by atoms with Gasteiger partial charge in [0.15, 0.2) is 0 Å². The Balaban J connectivity index is 1.60. The molecule has 10 nitrogen and oxygen atoms in total. The summed E-state index contributed by atoms with van der Waals surface area (Å²) in [5.74, 6) is -0.811. The van der Waals surface area contributed by atoms with E-state index in [1.54, 1.807) is 42.5 Å². The number of hydrogen-bond acceptors (Lipinski definition) is 7. The molecule has 0 aromatic heterocycles. The van der Waals surface area contributed by atoms with Gasteiger partial charge in [-0.3, -0.25) is 29.4 Å². The molecule has 11 heteroatoms. The highest BCUT2D eigenvalue weighted by Gasteiger charge is 2.58. The van der Waals surface area contributed by atoms with E-state index >= 15 is 0 Å². The SMILES string of the molecule is CCOc1ccc(N2C(=O)[C@H](N3C(=O)c4ccc([N+](=O)[O-])cc4C3=O)[C@H]2c2cc(Br)ccc2OC)cc1. The lowest BCUT2D eigenvalue weighted by Crippen LogP contribution is -2.67. The summed E-state index contributed by atoms with van der Waals surface area (Å²) in [6, 6.07) is 13.7. The molecular formula is C26H20BrN3O7. The Morgan fingerprint density at radius 1 is 0.919 bits per heavy atom. The van der Waals surface area contributed by atoms with Crippen LogP contribution in [0.1, 0.15) is 39.2 Å². The minimum atomic E-state index is -1.18. The van der Waals surface area contributed by atoms with E-state index in [0.717, 1.165) is 17.0 Å². The number of imide groups is 1. The maximum atomic E-state index is 13.6. The number of methoxy groups -OCH3 is 1. The van der Waals surface area contributed by atoms with Crippen molar-refractivity contribution < 1.29 is 28.8 Å². The fraction of sp³-hybridized carbons (Fsp3) is 0.192. The molecular weight excluding hydrogens is 546 g/mol. The number of nitro groups is 1. The van der Waals surface area contributed by atoms with Gasteiger partial charge in [-0.1, -0.05) is 15.9 Å². The lowest BCUT2D eigenvalue weighted by molar-refractivity contribution is -0.384. The molecule has 0 spiro atoms. The number of rotatable bonds is 7. The van der Waals surface area contributed by atoms with E-state index in [1.807, 2.05) is 6.92 Å². The van der Waals surface area contributed by atoms with Crippen molar-refractivity contribution in [3.8, 4) is 11.5 Å². The van der Waals surface area contributed by atoms with Gasteiger partial charge in [-0.25, -0.2) is 0 Å². The predicted molar refractivity (Wildman–Crippen MR) is 136 cm³/mol. The number of non-ortho nitro benzene ring substituents is 1. The van der Waals surface area contributed by atoms with Crippen LogP contribution in [0, 0.1) is 10.1 Å². The molecule has 2 aliphatic heterocycles. The fourth-order valence-electron chi connectivity index (χ4n) is 4.74. The van der Waals surface area contributed by atoms with E-state index in [9.17, 15) is 24.5 Å². The van der Waals surface area contributed by atoms with Crippen molar-refractivity contribution in [2.45, 2.75) is 19.0 Å². The maximum Gasteiger partial charge on any atom is 0.270 e. The molecule has 188 valence electrons. The zero-order chi connectivity index (χ0) is 26.4. The van der Waals surface area contributed by atoms with E-state index in [1.165, 1.54) is 18.1 Å². The van der Waals surface area contributed by atoms with Crippen molar-refractivity contribution in [3.05, 3.63) is 91.9 Å². The van der Waals surface area contributed by atoms with E-state index in [-0.39, 0.29) is 16.8 Å². The number of carbonyl (C=O) groups excluding carboxylic acids is 3. The van der Waals surface area contributed by atoms with Crippen LogP contribution in [0.4, 0.5) is 11.4 Å². The Morgan fingerprint density at radius 2 is 1.62 bits per heavy atom. The molecule has 1 fully saturated rings. The van der Waals surface area contributed by atoms with Gasteiger partial charge in [-0.15, -0.1) is 0 Å². The van der Waals surface area contributed by atoms with Gasteiger partial charge >= 0.3 is 0 Å². The smallest absolute Gasteiger partial charge is 0.270 e. The predicted octanol–water partition coefficient (Wildman–Crippen LogP) is 4.52. The summed E-state index contributed by atoms with van der Waals surface area (Å²) in [5, 5.41) is 11.2. The van der Waals surface area contributed by atoms with Crippen molar-refractivity contribution in [3.63, 3.8) is 0 Å². The van der Waals surface area contributed by atoms with Crippen molar-refractivity contribution in [1.29, 1.82) is 0 Å². The number of nitrogens with zero attached hydrogens (tertiary/aromatic N) is 3. The van der Waals surface area contributed by atoms with Gasteiger partial charge in [0, 0.05) is 27.9 Å². The normalized spacial score (nSPS) is 18.5. The molecule has 3 amide bonds. The number of fused-ring (bicyclic) bond motifs is 1. The van der Waals surface area contributed by atoms with Crippen LogP contribution in [0.2, 0.25) is 0 Å². The molecule has 37 heavy (non-hydrogen) atoms. The van der Waals surface area contributed by atoms with Gasteiger partial charge in [-0.2, -0.15) is 0 Å². The minimum absolute atomic E-state index is 0.0166. The number of benzene rings is 3. The zero-order valence-electron chi connectivity index (χ0n) is 19.7. The van der Waals surface area contributed by atoms with E-state index in [2.05, 4.69) is 15.9 Å². The van der Waals surface area contributed by atoms with Gasteiger partial charge in [0.25, 0.3) is 23.4 Å². The summed E-state index contributed by atoms with van der Waals surface area (Å²) in [4.78, 5) is 53.3. The van der Waals surface area contributed by atoms with Crippen LogP contribution in [0.15, 0.2) is 65.1 Å². The third kappa shape index (κ3) is 3.91. The topological polar surface area (TPSA) is 119 Å². The lowest BCUT2D eigenvalue weighted by Gasteiger charge is -2.50. The first-order valence-electron chi connectivity index (χ1n) is 11.3. The molecule has 3 aromatic rings. The number of carbonyl (C=O) groups is 3. The Hall–Kier alpha value is -4.25. The average Bonchev–Trinajstić information content (AvgIpc) is 3.13. The molecule has 3 aromatic carbocycles. The largest absolute Gasteiger partial charge is 0.496 e. The second-order valence-electron chi connectivity index (χ2n) is 8.38. The highest BCUT2D eigenvalue weighted by atomic mass is 79.9. The monoisotopic (exact) mass is 565 g/mol. The summed E-state index contributed by atoms with van der Waals surface area (Å²) in [6.45, 7) is 2.35. The van der Waals surface area contributed by atoms with Crippen LogP contribution in [0.25, 0.3) is 0 Å². The minimum Gasteiger partial charge on any atom is -0.496 e. The zero-order valence-corrected chi connectivity index (χ0v) is 21.3. The fourth-order valence-corrected chi connectivity index (χ4v) is 5.12. The molecule has 0 N–H and O–H groups in total. The molecule has 2 heterocycles. The van der Waals surface area contributed by atoms with E-state index in [4.69, 9.17) is 9.47 Å². The van der Waals surface area contributed by atoms with Crippen molar-refractivity contribution >= 4 is 45.0 Å². The Morgan fingerprint density at radius 3 is 2.27 bits per heavy atom. The van der Waals surface area contributed by atoms with E-state index < -0.39 is 34.7 Å². The highest BCUT2D eigenvalue weighted by Crippen LogP contribution is 2.47. The first-order chi connectivity index (χ1) is 17.8. The number of anilines is 1. The van der Waals surface area contributed by atoms with Gasteiger partial charge in [-0.05, 0) is 55.5 Å². The van der Waals surface area contributed by atoms with Crippen molar-refractivity contribution in [1.82, 2.24) is 4.90 Å². The third-order valence-electron chi connectivity index (χ3n) is 6.39. The summed E-state index contributed by atoms with van der Waals surface area (Å²) < 4.78 is 11.8. The van der Waals surface area contributed by atoms with Crippen LogP contribution >= 0.6 is 15.9 Å². The Kier molecular flexibility index (Phi) is 6.16. The quantitative estimate of drug-likeness (QED) is 0.179. The molecule has 0 saturated carbocycles. The van der Waals surface area contributed by atoms with Crippen LogP contribution in [-0.2, 0) is 4.79 Å². The van der Waals surface area contributed by atoms with Gasteiger partial charge in [0.05, 0.1) is 35.8 Å². The standard InChI is InChI=1S/C26H20BrN3O7/c1-3-37-17-8-5-15(6-9-17)28-22(20-12-14(27)4-11-21(20)36-2)23(26(28)33)29-24(31)18-10-7-16(30(34)35)13-19(18)25(29)32/h4-13,22-23H,3H2,1-2H3/t22-,23-/m1/s1. The molecule has 0 radical (unpaired) electrons. The number of β-lactam (4-membered cyclic amide) rings is 1. The van der Waals surface area contributed by atoms with Crippen LogP contribution < -0.4 is 14.4 Å². The first-order valence-corrected chi connectivity index (χ1v) is 12.1. The molecule has 1 saturated heterocycles. The summed E-state index contributed by atoms with van der Waals surface area (Å²) >= 11 is 3.45. The number of halogens is 1. The Labute approximate surface area is 219 Å². The van der Waals surface area contributed by atoms with E-state index in [0.29, 0.717) is 33.8 Å². The molecule has 2 aliphatic rings. The second kappa shape index (κ2) is 9.32. The van der Waals surface area contributed by atoms with Crippen molar-refractivity contribution in [2.24, 2.45) is 0 Å². The second-order valence-corrected chi connectivity index (χ2v) is 9.29. The molecule has 0 aliphatic carbocycles. The average molecular weight is 566 g/mol. The van der Waals surface area contributed by atoms with Gasteiger partial charge < -0.3 is 14.4 Å². The number of ether oxygens (including phenoxy) is 2. The molecule has 2 atom stereocenters. The summed E-state index contributed by atoms with van der Waals surface area (Å²) in [7, 11) is 1.49. The van der Waals surface area contributed by atoms with Crippen LogP contribution in [0.5, 0.6) is 11.5 Å². The molecule has 0 unspecified atom stereocenters. The summed E-state index contributed by atoms with van der Waals surface area (Å²) in [6.07, 6.45) is 0. The van der Waals surface area contributed by atoms with Crippen molar-refractivity contribution in [2.75, 3.05) is 18.6 Å². The number of nitro benzene ring substituents is 1. The number of hydrogen-bond donors (Lipinski definition) is 0. The van der Waals surface area contributed by atoms with Crippen LogP contribution in [0.3, 0.4) is 0 Å². The van der Waals surface area contributed by atoms with Crippen LogP contribution in [-0.4, -0.2) is 47.3 Å². The molecule has 0 bridgehead atoms. The number of amides is 3.